The third-order valence-corrected chi connectivity index (χ3v) is 5.74. The Morgan fingerprint density at radius 2 is 1.81 bits per heavy atom. The lowest BCUT2D eigenvalue weighted by Crippen LogP contribution is -2.26. The van der Waals surface area contributed by atoms with Gasteiger partial charge in [0, 0.05) is 30.9 Å². The van der Waals surface area contributed by atoms with Crippen LogP contribution in [0.2, 0.25) is 0 Å². The van der Waals surface area contributed by atoms with Crippen LogP contribution in [-0.2, 0) is 27.8 Å². The minimum absolute atomic E-state index is 0.114. The normalized spacial score (nSPS) is 11.5. The summed E-state index contributed by atoms with van der Waals surface area (Å²) in [5.41, 5.74) is 3.65. The fourth-order valence-electron chi connectivity index (χ4n) is 2.76. The second-order valence-corrected chi connectivity index (χ2v) is 7.81. The average molecular weight is 378 g/mol. The smallest absolute Gasteiger partial charge is 0.240 e. The Hall–Kier alpha value is -2.19. The van der Waals surface area contributed by atoms with Crippen LogP contribution in [0.4, 0.5) is 5.69 Å². The number of anilines is 1. The van der Waals surface area contributed by atoms with E-state index in [0.717, 1.165) is 23.5 Å². The highest BCUT2D eigenvalue weighted by atomic mass is 32.2. The van der Waals surface area contributed by atoms with Gasteiger partial charge in [0.25, 0.3) is 0 Å². The standard InChI is InChI=1S/C18H26N4O3S/c1-5-18(23)20-15-7-9-16(10-8-15)26(24,25)19-12-11-17-13(3)21-22(6-2)14(17)4/h7-10,19H,5-6,11-12H2,1-4H3,(H,20,23). The number of carbonyl (C=O) groups is 1. The monoisotopic (exact) mass is 378 g/mol. The molecule has 2 rings (SSSR count). The summed E-state index contributed by atoms with van der Waals surface area (Å²) in [7, 11) is -3.60. The molecule has 0 unspecified atom stereocenters. The molecule has 0 aliphatic rings. The van der Waals surface area contributed by atoms with Gasteiger partial charge >= 0.3 is 0 Å². The molecule has 7 nitrogen and oxygen atoms in total. The molecule has 0 saturated carbocycles. The first-order chi connectivity index (χ1) is 12.3. The zero-order valence-corrected chi connectivity index (χ0v) is 16.5. The van der Waals surface area contributed by atoms with Gasteiger partial charge in [-0.1, -0.05) is 6.92 Å². The second-order valence-electron chi connectivity index (χ2n) is 6.04. The van der Waals surface area contributed by atoms with Gasteiger partial charge in [0.2, 0.25) is 15.9 Å². The maximum Gasteiger partial charge on any atom is 0.240 e. The van der Waals surface area contributed by atoms with Gasteiger partial charge < -0.3 is 5.32 Å². The molecule has 0 fully saturated rings. The van der Waals surface area contributed by atoms with E-state index in [9.17, 15) is 13.2 Å². The first-order valence-corrected chi connectivity index (χ1v) is 10.2. The predicted molar refractivity (Wildman–Crippen MR) is 102 cm³/mol. The maximum atomic E-state index is 12.4. The molecule has 1 aromatic carbocycles. The molecule has 2 aromatic rings. The quantitative estimate of drug-likeness (QED) is 0.738. The first-order valence-electron chi connectivity index (χ1n) is 8.71. The topological polar surface area (TPSA) is 93.1 Å². The van der Waals surface area contributed by atoms with Crippen molar-refractivity contribution < 1.29 is 13.2 Å². The summed E-state index contributed by atoms with van der Waals surface area (Å²) in [5, 5.41) is 7.14. The van der Waals surface area contributed by atoms with E-state index < -0.39 is 10.0 Å². The molecule has 0 saturated heterocycles. The third kappa shape index (κ3) is 4.70. The van der Waals surface area contributed by atoms with Crippen molar-refractivity contribution in [2.24, 2.45) is 0 Å². The van der Waals surface area contributed by atoms with Crippen LogP contribution in [0.5, 0.6) is 0 Å². The number of nitrogens with one attached hydrogen (secondary N) is 2. The van der Waals surface area contributed by atoms with Gasteiger partial charge in [-0.05, 0) is 57.0 Å². The zero-order valence-electron chi connectivity index (χ0n) is 15.7. The Morgan fingerprint density at radius 3 is 2.35 bits per heavy atom. The highest BCUT2D eigenvalue weighted by Crippen LogP contribution is 2.16. The lowest BCUT2D eigenvalue weighted by atomic mass is 10.1. The van der Waals surface area contributed by atoms with Crippen molar-refractivity contribution in [1.82, 2.24) is 14.5 Å². The van der Waals surface area contributed by atoms with E-state index in [2.05, 4.69) is 15.1 Å². The maximum absolute atomic E-state index is 12.4. The number of hydrogen-bond donors (Lipinski definition) is 2. The summed E-state index contributed by atoms with van der Waals surface area (Å²) in [6, 6.07) is 6.14. The number of aromatic nitrogens is 2. The average Bonchev–Trinajstić information content (AvgIpc) is 2.89. The summed E-state index contributed by atoms with van der Waals surface area (Å²) in [4.78, 5) is 11.5. The Labute approximate surface area is 154 Å². The SMILES string of the molecule is CCC(=O)Nc1ccc(S(=O)(=O)NCCc2c(C)nn(CC)c2C)cc1. The molecular formula is C18H26N4O3S. The first kappa shape index (κ1) is 20.1. The van der Waals surface area contributed by atoms with Crippen LogP contribution in [0.25, 0.3) is 0 Å². The highest BCUT2D eigenvalue weighted by Gasteiger charge is 2.15. The second kappa shape index (κ2) is 8.46. The van der Waals surface area contributed by atoms with Gasteiger partial charge in [0.1, 0.15) is 0 Å². The van der Waals surface area contributed by atoms with E-state index in [4.69, 9.17) is 0 Å². The zero-order chi connectivity index (χ0) is 19.3. The molecule has 26 heavy (non-hydrogen) atoms. The van der Waals surface area contributed by atoms with E-state index in [1.165, 1.54) is 12.1 Å². The molecule has 1 amide bonds. The van der Waals surface area contributed by atoms with E-state index in [-0.39, 0.29) is 10.8 Å². The molecule has 0 aliphatic carbocycles. The number of carbonyl (C=O) groups excluding carboxylic acids is 1. The summed E-state index contributed by atoms with van der Waals surface area (Å²) in [5.74, 6) is -0.114. The Bertz CT molecular complexity index is 871. The number of hydrogen-bond acceptors (Lipinski definition) is 4. The van der Waals surface area contributed by atoms with Gasteiger partial charge in [0.15, 0.2) is 0 Å². The molecule has 2 N–H and O–H groups in total. The lowest BCUT2D eigenvalue weighted by molar-refractivity contribution is -0.115. The number of rotatable bonds is 8. The minimum atomic E-state index is -3.60. The van der Waals surface area contributed by atoms with Gasteiger partial charge in [-0.3, -0.25) is 9.48 Å². The molecule has 8 heteroatoms. The van der Waals surface area contributed by atoms with Crippen LogP contribution < -0.4 is 10.0 Å². The van der Waals surface area contributed by atoms with Crippen molar-refractivity contribution in [1.29, 1.82) is 0 Å². The summed E-state index contributed by atoms with van der Waals surface area (Å²) < 4.78 is 29.4. The molecule has 0 spiro atoms. The summed E-state index contributed by atoms with van der Waals surface area (Å²) in [6.07, 6.45) is 0.955. The van der Waals surface area contributed by atoms with Crippen molar-refractivity contribution >= 4 is 21.6 Å². The highest BCUT2D eigenvalue weighted by molar-refractivity contribution is 7.89. The van der Waals surface area contributed by atoms with Crippen LogP contribution in [0.3, 0.4) is 0 Å². The minimum Gasteiger partial charge on any atom is -0.326 e. The number of benzene rings is 1. The number of aryl methyl sites for hydroxylation is 2. The largest absolute Gasteiger partial charge is 0.326 e. The molecule has 0 atom stereocenters. The Morgan fingerprint density at radius 1 is 1.15 bits per heavy atom. The van der Waals surface area contributed by atoms with Gasteiger partial charge in [-0.2, -0.15) is 5.10 Å². The Balaban J connectivity index is 2.00. The van der Waals surface area contributed by atoms with Crippen molar-refractivity contribution in [3.05, 3.63) is 41.2 Å². The molecule has 0 aliphatic heterocycles. The van der Waals surface area contributed by atoms with E-state index >= 15 is 0 Å². The van der Waals surface area contributed by atoms with Crippen molar-refractivity contribution in [3.8, 4) is 0 Å². The molecule has 0 bridgehead atoms. The Kier molecular flexibility index (Phi) is 6.55. The van der Waals surface area contributed by atoms with Gasteiger partial charge in [-0.15, -0.1) is 0 Å². The molecule has 0 radical (unpaired) electrons. The summed E-state index contributed by atoms with van der Waals surface area (Å²) in [6.45, 7) is 8.81. The molecule has 142 valence electrons. The number of amides is 1. The van der Waals surface area contributed by atoms with Crippen LogP contribution in [0.15, 0.2) is 29.2 Å². The summed E-state index contributed by atoms with van der Waals surface area (Å²) >= 11 is 0. The fourth-order valence-corrected chi connectivity index (χ4v) is 3.80. The van der Waals surface area contributed by atoms with Gasteiger partial charge in [-0.25, -0.2) is 13.1 Å². The molecule has 1 heterocycles. The number of nitrogens with zero attached hydrogens (tertiary/aromatic N) is 2. The lowest BCUT2D eigenvalue weighted by Gasteiger charge is -2.09. The van der Waals surface area contributed by atoms with Crippen molar-refractivity contribution in [2.45, 2.75) is 52.0 Å². The van der Waals surface area contributed by atoms with Gasteiger partial charge in [0.05, 0.1) is 10.6 Å². The van der Waals surface area contributed by atoms with Crippen LogP contribution in [0.1, 0.15) is 37.2 Å². The molecular weight excluding hydrogens is 352 g/mol. The van der Waals surface area contributed by atoms with Crippen molar-refractivity contribution in [3.63, 3.8) is 0 Å². The van der Waals surface area contributed by atoms with Crippen molar-refractivity contribution in [2.75, 3.05) is 11.9 Å². The van der Waals surface area contributed by atoms with E-state index in [1.54, 1.807) is 19.1 Å². The number of sulfonamides is 1. The fraction of sp³-hybridized carbons (Fsp3) is 0.444. The van der Waals surface area contributed by atoms with Crippen LogP contribution in [-0.4, -0.2) is 30.7 Å². The van der Waals surface area contributed by atoms with Crippen LogP contribution >= 0.6 is 0 Å². The van der Waals surface area contributed by atoms with E-state index in [0.29, 0.717) is 25.1 Å². The van der Waals surface area contributed by atoms with Crippen LogP contribution in [0, 0.1) is 13.8 Å². The van der Waals surface area contributed by atoms with E-state index in [1.807, 2.05) is 25.5 Å². The molecule has 1 aromatic heterocycles. The predicted octanol–water partition coefficient (Wildman–Crippen LogP) is 2.39. The third-order valence-electron chi connectivity index (χ3n) is 4.27.